The normalized spacial score (nSPS) is 18.7. The number of piperidine rings is 1. The third-order valence-electron chi connectivity index (χ3n) is 5.73. The maximum Gasteiger partial charge on any atom is 0.252 e. The Balaban J connectivity index is 1.40. The van der Waals surface area contributed by atoms with Gasteiger partial charge in [0.15, 0.2) is 0 Å². The van der Waals surface area contributed by atoms with Crippen molar-refractivity contribution in [3.63, 3.8) is 0 Å². The van der Waals surface area contributed by atoms with Crippen molar-refractivity contribution in [1.82, 2.24) is 14.9 Å². The first-order valence-corrected chi connectivity index (χ1v) is 10.6. The van der Waals surface area contributed by atoms with Gasteiger partial charge in [0, 0.05) is 37.2 Å². The molecule has 0 aliphatic carbocycles. The molecule has 2 fully saturated rings. The van der Waals surface area contributed by atoms with Crippen molar-refractivity contribution in [3.05, 3.63) is 51.9 Å². The zero-order valence-electron chi connectivity index (χ0n) is 17.1. The van der Waals surface area contributed by atoms with Crippen molar-refractivity contribution < 1.29 is 9.47 Å². The van der Waals surface area contributed by atoms with Gasteiger partial charge in [-0.15, -0.1) is 0 Å². The number of rotatable bonds is 6. The second-order valence-corrected chi connectivity index (χ2v) is 7.68. The first-order chi connectivity index (χ1) is 14.2. The number of anilines is 1. The molecular formula is C22H30N4O3. The van der Waals surface area contributed by atoms with Crippen LogP contribution in [0.4, 0.5) is 5.95 Å². The van der Waals surface area contributed by atoms with Crippen molar-refractivity contribution in [2.24, 2.45) is 0 Å². The molecule has 0 amide bonds. The van der Waals surface area contributed by atoms with Crippen molar-refractivity contribution in [1.29, 1.82) is 0 Å². The number of H-pyrrole nitrogens is 1. The molecule has 4 rings (SSSR count). The van der Waals surface area contributed by atoms with E-state index in [2.05, 4.69) is 26.9 Å². The van der Waals surface area contributed by atoms with Gasteiger partial charge in [0.05, 0.1) is 25.5 Å². The summed E-state index contributed by atoms with van der Waals surface area (Å²) in [5.74, 6) is 1.99. The van der Waals surface area contributed by atoms with Gasteiger partial charge in [0.25, 0.3) is 5.56 Å². The van der Waals surface area contributed by atoms with Crippen molar-refractivity contribution >= 4 is 5.95 Å². The zero-order chi connectivity index (χ0) is 20.1. The number of benzene rings is 1. The third kappa shape index (κ3) is 4.97. The van der Waals surface area contributed by atoms with E-state index in [4.69, 9.17) is 14.5 Å². The number of hydrogen-bond donors (Lipinski definition) is 1. The molecule has 2 aliphatic heterocycles. The van der Waals surface area contributed by atoms with E-state index in [0.717, 1.165) is 57.0 Å². The number of aromatic amines is 1. The van der Waals surface area contributed by atoms with Crippen LogP contribution >= 0.6 is 0 Å². The highest BCUT2D eigenvalue weighted by atomic mass is 16.5. The molecule has 156 valence electrons. The smallest absolute Gasteiger partial charge is 0.252 e. The maximum absolute atomic E-state index is 12.2. The minimum atomic E-state index is -0.0652. The Bertz CT molecular complexity index is 855. The predicted octanol–water partition coefficient (Wildman–Crippen LogP) is 2.38. The van der Waals surface area contributed by atoms with Gasteiger partial charge in [-0.3, -0.25) is 14.7 Å². The molecule has 1 N–H and O–H groups in total. The number of para-hydroxylation sites is 1. The van der Waals surface area contributed by atoms with Crippen LogP contribution in [-0.2, 0) is 11.3 Å². The van der Waals surface area contributed by atoms with Gasteiger partial charge in [-0.1, -0.05) is 18.2 Å². The van der Waals surface area contributed by atoms with Gasteiger partial charge < -0.3 is 14.4 Å². The van der Waals surface area contributed by atoms with E-state index in [9.17, 15) is 4.79 Å². The Morgan fingerprint density at radius 1 is 1.17 bits per heavy atom. The molecular weight excluding hydrogens is 368 g/mol. The summed E-state index contributed by atoms with van der Waals surface area (Å²) in [6, 6.07) is 9.95. The lowest BCUT2D eigenvalue weighted by Crippen LogP contribution is -2.39. The zero-order valence-corrected chi connectivity index (χ0v) is 17.1. The molecule has 0 atom stereocenters. The van der Waals surface area contributed by atoms with E-state index >= 15 is 0 Å². The second kappa shape index (κ2) is 9.41. The maximum atomic E-state index is 12.2. The van der Waals surface area contributed by atoms with E-state index in [1.165, 1.54) is 5.56 Å². The molecule has 2 saturated heterocycles. The number of likely N-dealkylation sites (tertiary alicyclic amines) is 1. The van der Waals surface area contributed by atoms with Crippen LogP contribution in [-0.4, -0.2) is 60.9 Å². The minimum Gasteiger partial charge on any atom is -0.494 e. The van der Waals surface area contributed by atoms with E-state index < -0.39 is 0 Å². The summed E-state index contributed by atoms with van der Waals surface area (Å²) in [5, 5.41) is 0. The molecule has 0 unspecified atom stereocenters. The number of hydrogen-bond acceptors (Lipinski definition) is 6. The average molecular weight is 399 g/mol. The monoisotopic (exact) mass is 398 g/mol. The van der Waals surface area contributed by atoms with E-state index in [1.54, 1.807) is 6.07 Å². The summed E-state index contributed by atoms with van der Waals surface area (Å²) in [4.78, 5) is 24.5. The Labute approximate surface area is 171 Å². The molecule has 1 aromatic carbocycles. The number of nitrogens with one attached hydrogen (secondary N) is 1. The topological polar surface area (TPSA) is 70.7 Å². The van der Waals surface area contributed by atoms with Crippen molar-refractivity contribution in [2.45, 2.75) is 32.2 Å². The van der Waals surface area contributed by atoms with Crippen LogP contribution in [0.15, 0.2) is 35.1 Å². The van der Waals surface area contributed by atoms with E-state index in [-0.39, 0.29) is 5.56 Å². The Kier molecular flexibility index (Phi) is 6.46. The van der Waals surface area contributed by atoms with Gasteiger partial charge in [-0.05, 0) is 38.9 Å². The molecule has 0 spiro atoms. The molecule has 2 aliphatic rings. The molecule has 29 heavy (non-hydrogen) atoms. The summed E-state index contributed by atoms with van der Waals surface area (Å²) < 4.78 is 11.2. The molecule has 0 radical (unpaired) electrons. The molecule has 3 heterocycles. The van der Waals surface area contributed by atoms with Crippen LogP contribution in [0.1, 0.15) is 36.9 Å². The van der Waals surface area contributed by atoms with Crippen LogP contribution < -0.4 is 15.2 Å². The summed E-state index contributed by atoms with van der Waals surface area (Å²) in [7, 11) is 0. The SMILES string of the molecule is CCOc1ccccc1CN1CCC(c2cc(=O)[nH]c(N3CCOCC3)n2)CC1. The lowest BCUT2D eigenvalue weighted by atomic mass is 9.93. The third-order valence-corrected chi connectivity index (χ3v) is 5.73. The lowest BCUT2D eigenvalue weighted by molar-refractivity contribution is 0.122. The van der Waals surface area contributed by atoms with Gasteiger partial charge in [0.1, 0.15) is 5.75 Å². The fraction of sp³-hybridized carbons (Fsp3) is 0.545. The van der Waals surface area contributed by atoms with E-state index in [0.29, 0.717) is 31.7 Å². The predicted molar refractivity (Wildman–Crippen MR) is 113 cm³/mol. The highest BCUT2D eigenvalue weighted by Crippen LogP contribution is 2.29. The van der Waals surface area contributed by atoms with Crippen LogP contribution in [0.25, 0.3) is 0 Å². The second-order valence-electron chi connectivity index (χ2n) is 7.68. The highest BCUT2D eigenvalue weighted by Gasteiger charge is 2.24. The summed E-state index contributed by atoms with van der Waals surface area (Å²) >= 11 is 0. The summed E-state index contributed by atoms with van der Waals surface area (Å²) in [5.41, 5.74) is 2.09. The average Bonchev–Trinajstić information content (AvgIpc) is 2.76. The van der Waals surface area contributed by atoms with Crippen LogP contribution in [0.2, 0.25) is 0 Å². The number of nitrogens with zero attached hydrogens (tertiary/aromatic N) is 3. The van der Waals surface area contributed by atoms with Gasteiger partial charge in [-0.25, -0.2) is 4.98 Å². The molecule has 0 saturated carbocycles. The highest BCUT2D eigenvalue weighted by molar-refractivity contribution is 5.34. The Morgan fingerprint density at radius 2 is 1.93 bits per heavy atom. The van der Waals surface area contributed by atoms with Gasteiger partial charge >= 0.3 is 0 Å². The Morgan fingerprint density at radius 3 is 2.69 bits per heavy atom. The van der Waals surface area contributed by atoms with E-state index in [1.807, 2.05) is 19.1 Å². The number of ether oxygens (including phenoxy) is 2. The van der Waals surface area contributed by atoms with Crippen molar-refractivity contribution in [3.8, 4) is 5.75 Å². The summed E-state index contributed by atoms with van der Waals surface area (Å²) in [6.07, 6.45) is 2.02. The molecule has 2 aromatic rings. The van der Waals surface area contributed by atoms with Gasteiger partial charge in [-0.2, -0.15) is 0 Å². The standard InChI is InChI=1S/C22H30N4O3/c1-2-29-20-6-4-3-5-18(20)16-25-9-7-17(8-10-25)19-15-21(27)24-22(23-19)26-11-13-28-14-12-26/h3-6,15,17H,2,7-14,16H2,1H3,(H,23,24,27). The fourth-order valence-corrected chi connectivity index (χ4v) is 4.16. The van der Waals surface area contributed by atoms with Gasteiger partial charge in [0.2, 0.25) is 5.95 Å². The summed E-state index contributed by atoms with van der Waals surface area (Å²) in [6.45, 7) is 8.46. The first kappa shape index (κ1) is 19.9. The van der Waals surface area contributed by atoms with Crippen molar-refractivity contribution in [2.75, 3.05) is 50.9 Å². The minimum absolute atomic E-state index is 0.0652. The quantitative estimate of drug-likeness (QED) is 0.806. The molecule has 1 aromatic heterocycles. The molecule has 7 heteroatoms. The fourth-order valence-electron chi connectivity index (χ4n) is 4.16. The molecule has 0 bridgehead atoms. The number of aromatic nitrogens is 2. The largest absolute Gasteiger partial charge is 0.494 e. The van der Waals surface area contributed by atoms with Crippen LogP contribution in [0.5, 0.6) is 5.75 Å². The number of morpholine rings is 1. The molecule has 7 nitrogen and oxygen atoms in total. The van der Waals surface area contributed by atoms with Crippen LogP contribution in [0.3, 0.4) is 0 Å². The van der Waals surface area contributed by atoms with Crippen LogP contribution in [0, 0.1) is 0 Å². The lowest BCUT2D eigenvalue weighted by Gasteiger charge is -2.32. The first-order valence-electron chi connectivity index (χ1n) is 10.6. The Hall–Kier alpha value is -2.38.